The van der Waals surface area contributed by atoms with Crippen molar-refractivity contribution in [1.29, 1.82) is 0 Å². The summed E-state index contributed by atoms with van der Waals surface area (Å²) in [6.07, 6.45) is 2.18. The number of carbonyl (C=O) groups is 1. The Bertz CT molecular complexity index is 915. The molecule has 0 bridgehead atoms. The van der Waals surface area contributed by atoms with E-state index in [0.717, 1.165) is 17.8 Å². The van der Waals surface area contributed by atoms with E-state index >= 15 is 0 Å². The van der Waals surface area contributed by atoms with Crippen LogP contribution in [0.1, 0.15) is 17.0 Å². The highest BCUT2D eigenvalue weighted by Crippen LogP contribution is 2.23. The van der Waals surface area contributed by atoms with Gasteiger partial charge in [-0.2, -0.15) is 0 Å². The molecule has 0 unspecified atom stereocenters. The molecule has 1 amide bonds. The first-order valence-electron chi connectivity index (χ1n) is 7.84. The normalized spacial score (nSPS) is 10.7. The fourth-order valence-corrected chi connectivity index (χ4v) is 3.47. The van der Waals surface area contributed by atoms with Crippen LogP contribution in [-0.4, -0.2) is 26.6 Å². The molecule has 0 atom stereocenters. The molecule has 3 rings (SSSR count). The van der Waals surface area contributed by atoms with E-state index in [9.17, 15) is 4.79 Å². The van der Waals surface area contributed by atoms with Gasteiger partial charge >= 0.3 is 0 Å². The summed E-state index contributed by atoms with van der Waals surface area (Å²) in [6, 6.07) is 11.7. The van der Waals surface area contributed by atoms with Crippen molar-refractivity contribution in [2.24, 2.45) is 0 Å². The minimum atomic E-state index is -0.217. The van der Waals surface area contributed by atoms with Gasteiger partial charge in [-0.05, 0) is 18.6 Å². The summed E-state index contributed by atoms with van der Waals surface area (Å²) in [5.41, 5.74) is 3.17. The molecule has 3 aromatic rings. The van der Waals surface area contributed by atoms with Gasteiger partial charge in [-0.25, -0.2) is 9.97 Å². The Morgan fingerprint density at radius 3 is 2.77 bits per heavy atom. The average Bonchev–Trinajstić information content (AvgIpc) is 2.96. The summed E-state index contributed by atoms with van der Waals surface area (Å²) in [7, 11) is 0. The molecule has 0 aliphatic rings. The molecule has 0 aliphatic heterocycles. The highest BCUT2D eigenvalue weighted by atomic mass is 35.5. The number of aromatic amines is 1. The van der Waals surface area contributed by atoms with Crippen LogP contribution >= 0.6 is 35.0 Å². The van der Waals surface area contributed by atoms with Crippen LogP contribution in [0, 0.1) is 6.92 Å². The predicted octanol–water partition coefficient (Wildman–Crippen LogP) is 4.74. The van der Waals surface area contributed by atoms with E-state index < -0.39 is 0 Å². The van der Waals surface area contributed by atoms with Crippen LogP contribution in [-0.2, 0) is 11.2 Å². The van der Waals surface area contributed by atoms with Crippen LogP contribution in [0.3, 0.4) is 0 Å². The summed E-state index contributed by atoms with van der Waals surface area (Å²) in [4.78, 5) is 23.9. The van der Waals surface area contributed by atoms with E-state index in [1.807, 2.05) is 25.1 Å². The minimum Gasteiger partial charge on any atom is -0.337 e. The van der Waals surface area contributed by atoms with Gasteiger partial charge in [0.1, 0.15) is 0 Å². The van der Waals surface area contributed by atoms with Gasteiger partial charge in [0.25, 0.3) is 0 Å². The number of anilines is 1. The van der Waals surface area contributed by atoms with Gasteiger partial charge in [-0.1, -0.05) is 65.3 Å². The molecule has 26 heavy (non-hydrogen) atoms. The van der Waals surface area contributed by atoms with E-state index in [0.29, 0.717) is 21.0 Å². The van der Waals surface area contributed by atoms with Gasteiger partial charge in [0, 0.05) is 18.3 Å². The number of benzene rings is 1. The molecule has 0 aliphatic carbocycles. The fraction of sp³-hybridized carbons (Fsp3) is 0.167. The number of pyridine rings is 1. The third kappa shape index (κ3) is 5.00. The Labute approximate surface area is 165 Å². The molecule has 2 heterocycles. The number of thioether (sulfide) groups is 1. The van der Waals surface area contributed by atoms with Crippen molar-refractivity contribution in [1.82, 2.24) is 15.0 Å². The lowest BCUT2D eigenvalue weighted by molar-refractivity contribution is -0.113. The molecule has 134 valence electrons. The number of aryl methyl sites for hydroxylation is 1. The van der Waals surface area contributed by atoms with Crippen molar-refractivity contribution in [3.05, 3.63) is 69.6 Å². The van der Waals surface area contributed by atoms with E-state index in [2.05, 4.69) is 32.4 Å². The van der Waals surface area contributed by atoms with Gasteiger partial charge in [-0.15, -0.1) is 0 Å². The Morgan fingerprint density at radius 2 is 2.04 bits per heavy atom. The largest absolute Gasteiger partial charge is 0.337 e. The maximum Gasteiger partial charge on any atom is 0.236 e. The lowest BCUT2D eigenvalue weighted by Gasteiger charge is -2.05. The second-order valence-electron chi connectivity index (χ2n) is 5.60. The molecule has 0 spiro atoms. The Morgan fingerprint density at radius 1 is 1.27 bits per heavy atom. The first kappa shape index (κ1) is 18.8. The third-order valence-electron chi connectivity index (χ3n) is 3.58. The number of nitrogens with zero attached hydrogens (tertiary/aromatic N) is 2. The number of H-pyrrole nitrogens is 1. The number of amides is 1. The van der Waals surface area contributed by atoms with Gasteiger partial charge in [0.2, 0.25) is 5.91 Å². The van der Waals surface area contributed by atoms with Crippen molar-refractivity contribution in [3.8, 4) is 0 Å². The van der Waals surface area contributed by atoms with Crippen LogP contribution in [0.25, 0.3) is 0 Å². The number of imidazole rings is 1. The first-order valence-corrected chi connectivity index (χ1v) is 9.58. The van der Waals surface area contributed by atoms with Crippen LogP contribution in [0.4, 0.5) is 5.82 Å². The summed E-state index contributed by atoms with van der Waals surface area (Å²) >= 11 is 13.1. The zero-order valence-corrected chi connectivity index (χ0v) is 16.3. The Kier molecular flexibility index (Phi) is 6.19. The highest BCUT2D eigenvalue weighted by Gasteiger charge is 2.12. The molecule has 8 heteroatoms. The number of hydrogen-bond donors (Lipinski definition) is 2. The predicted molar refractivity (Wildman–Crippen MR) is 106 cm³/mol. The van der Waals surface area contributed by atoms with Gasteiger partial charge in [0.05, 0.1) is 21.5 Å². The number of carbonyl (C=O) groups excluding carboxylic acids is 1. The second kappa shape index (κ2) is 8.58. The monoisotopic (exact) mass is 406 g/mol. The average molecular weight is 407 g/mol. The topological polar surface area (TPSA) is 70.7 Å². The summed E-state index contributed by atoms with van der Waals surface area (Å²) in [5, 5.41) is 4.09. The van der Waals surface area contributed by atoms with Crippen molar-refractivity contribution < 1.29 is 4.79 Å². The molecule has 0 radical (unpaired) electrons. The Balaban J connectivity index is 1.57. The van der Waals surface area contributed by atoms with Crippen LogP contribution in [0.2, 0.25) is 10.0 Å². The molecule has 2 N–H and O–H groups in total. The zero-order valence-electron chi connectivity index (χ0n) is 13.9. The van der Waals surface area contributed by atoms with Crippen molar-refractivity contribution in [2.45, 2.75) is 18.5 Å². The zero-order chi connectivity index (χ0) is 18.5. The molecule has 0 fully saturated rings. The summed E-state index contributed by atoms with van der Waals surface area (Å²) in [6.45, 7) is 1.98. The van der Waals surface area contributed by atoms with Crippen molar-refractivity contribution in [3.63, 3.8) is 0 Å². The van der Waals surface area contributed by atoms with E-state index in [1.165, 1.54) is 29.6 Å². The quantitative estimate of drug-likeness (QED) is 0.579. The third-order valence-corrected chi connectivity index (χ3v) is 4.95. The maximum absolute atomic E-state index is 12.1. The molecule has 1 aromatic carbocycles. The van der Waals surface area contributed by atoms with Gasteiger partial charge < -0.3 is 10.3 Å². The number of aromatic nitrogens is 3. The highest BCUT2D eigenvalue weighted by molar-refractivity contribution is 7.99. The summed E-state index contributed by atoms with van der Waals surface area (Å²) in [5.74, 6) is 0.269. The fourth-order valence-electron chi connectivity index (χ4n) is 2.31. The summed E-state index contributed by atoms with van der Waals surface area (Å²) < 4.78 is 0. The van der Waals surface area contributed by atoms with Gasteiger partial charge in [0.15, 0.2) is 11.0 Å². The number of nitrogens with one attached hydrogen (secondary N) is 2. The van der Waals surface area contributed by atoms with Gasteiger partial charge in [-0.3, -0.25) is 4.79 Å². The number of rotatable bonds is 6. The molecular weight excluding hydrogens is 391 g/mol. The van der Waals surface area contributed by atoms with Crippen LogP contribution < -0.4 is 5.32 Å². The lowest BCUT2D eigenvalue weighted by Crippen LogP contribution is -2.15. The Hall–Kier alpha value is -2.02. The van der Waals surface area contributed by atoms with E-state index in [4.69, 9.17) is 23.2 Å². The molecular formula is C18H16Cl2N4OS. The number of hydrogen-bond acceptors (Lipinski definition) is 4. The molecule has 5 nitrogen and oxygen atoms in total. The van der Waals surface area contributed by atoms with E-state index in [-0.39, 0.29) is 11.7 Å². The minimum absolute atomic E-state index is 0.193. The van der Waals surface area contributed by atoms with Crippen LogP contribution in [0.15, 0.2) is 47.8 Å². The van der Waals surface area contributed by atoms with Crippen molar-refractivity contribution in [2.75, 3.05) is 11.1 Å². The second-order valence-corrected chi connectivity index (χ2v) is 7.40. The smallest absolute Gasteiger partial charge is 0.236 e. The lowest BCUT2D eigenvalue weighted by atomic mass is 10.1. The van der Waals surface area contributed by atoms with E-state index in [1.54, 1.807) is 0 Å². The molecule has 2 aromatic heterocycles. The van der Waals surface area contributed by atoms with Crippen LogP contribution in [0.5, 0.6) is 0 Å². The maximum atomic E-state index is 12.1. The molecule has 0 saturated heterocycles. The first-order chi connectivity index (χ1) is 12.5. The molecule has 0 saturated carbocycles. The SMILES string of the molecule is Cc1[nH]c(SCC(=O)Nc2ncc(Cl)cc2Cl)nc1Cc1ccccc1. The van der Waals surface area contributed by atoms with Crippen molar-refractivity contribution >= 4 is 46.7 Å². The standard InChI is InChI=1S/C18H16Cl2N4OS/c1-11-15(7-12-5-3-2-4-6-12)23-18(22-11)26-10-16(25)24-17-14(20)8-13(19)9-21-17/h2-6,8-9H,7,10H2,1H3,(H,22,23)(H,21,24,25). The number of halogens is 2.